The van der Waals surface area contributed by atoms with E-state index >= 15 is 0 Å². The first-order valence-electron chi connectivity index (χ1n) is 5.74. The highest BCUT2D eigenvalue weighted by Gasteiger charge is 2.13. The van der Waals surface area contributed by atoms with Crippen LogP contribution in [0.4, 0.5) is 0 Å². The van der Waals surface area contributed by atoms with Crippen molar-refractivity contribution in [3.05, 3.63) is 42.5 Å². The highest BCUT2D eigenvalue weighted by Crippen LogP contribution is 2.20. The number of aryl methyl sites for hydroxylation is 1. The number of esters is 1. The van der Waals surface area contributed by atoms with Crippen molar-refractivity contribution in [3.8, 4) is 11.3 Å². The third-order valence-corrected chi connectivity index (χ3v) is 3.02. The van der Waals surface area contributed by atoms with Crippen molar-refractivity contribution < 1.29 is 9.53 Å². The molecule has 0 unspecified atom stereocenters. The second kappa shape index (κ2) is 4.24. The maximum Gasteiger partial charge on any atom is 0.356 e. The van der Waals surface area contributed by atoms with E-state index in [0.29, 0.717) is 11.3 Å². The van der Waals surface area contributed by atoms with Crippen LogP contribution in [0, 0.1) is 0 Å². The normalized spacial score (nSPS) is 10.8. The molecule has 3 aromatic rings. The SMILES string of the molecule is COC(=O)c1cnc2cc(-c3ccnn3C)ccn12. The third kappa shape index (κ3) is 1.77. The van der Waals surface area contributed by atoms with Gasteiger partial charge in [0.15, 0.2) is 5.69 Å². The van der Waals surface area contributed by atoms with Crippen molar-refractivity contribution in [1.29, 1.82) is 0 Å². The Hall–Kier alpha value is -2.63. The van der Waals surface area contributed by atoms with E-state index in [1.807, 2.05) is 25.2 Å². The minimum absolute atomic E-state index is 0.402. The van der Waals surface area contributed by atoms with Crippen molar-refractivity contribution in [1.82, 2.24) is 19.2 Å². The van der Waals surface area contributed by atoms with E-state index in [4.69, 9.17) is 4.74 Å². The van der Waals surface area contributed by atoms with Crippen LogP contribution < -0.4 is 0 Å². The van der Waals surface area contributed by atoms with E-state index in [9.17, 15) is 4.79 Å². The Labute approximate surface area is 109 Å². The summed E-state index contributed by atoms with van der Waals surface area (Å²) in [7, 11) is 3.23. The number of pyridine rings is 1. The summed E-state index contributed by atoms with van der Waals surface area (Å²) in [5, 5.41) is 4.14. The third-order valence-electron chi connectivity index (χ3n) is 3.02. The van der Waals surface area contributed by atoms with Crippen molar-refractivity contribution >= 4 is 11.6 Å². The smallest absolute Gasteiger partial charge is 0.356 e. The molecule has 6 heteroatoms. The zero-order chi connectivity index (χ0) is 13.4. The van der Waals surface area contributed by atoms with Gasteiger partial charge in [0.2, 0.25) is 0 Å². The molecular formula is C13H12N4O2. The molecule has 6 nitrogen and oxygen atoms in total. The number of ether oxygens (including phenoxy) is 1. The summed E-state index contributed by atoms with van der Waals surface area (Å²) < 4.78 is 8.20. The lowest BCUT2D eigenvalue weighted by Gasteiger charge is -2.04. The largest absolute Gasteiger partial charge is 0.464 e. The summed E-state index contributed by atoms with van der Waals surface area (Å²) in [6.07, 6.45) is 5.05. The minimum atomic E-state index is -0.402. The number of aromatic nitrogens is 4. The van der Waals surface area contributed by atoms with Gasteiger partial charge < -0.3 is 4.74 Å². The Kier molecular flexibility index (Phi) is 2.56. The fourth-order valence-corrected chi connectivity index (χ4v) is 2.05. The number of hydrogen-bond donors (Lipinski definition) is 0. The Morgan fingerprint density at radius 2 is 2.21 bits per heavy atom. The molecule has 0 N–H and O–H groups in total. The van der Waals surface area contributed by atoms with Gasteiger partial charge in [0.1, 0.15) is 5.65 Å². The number of hydrogen-bond acceptors (Lipinski definition) is 4. The standard InChI is InChI=1S/C13H12N4O2/c1-16-10(3-5-15-16)9-4-6-17-11(13(18)19-2)8-14-12(17)7-9/h3-8H,1-2H3. The van der Waals surface area contributed by atoms with Crippen LogP contribution in [0.5, 0.6) is 0 Å². The molecule has 0 saturated carbocycles. The van der Waals surface area contributed by atoms with Gasteiger partial charge in [-0.2, -0.15) is 5.10 Å². The number of fused-ring (bicyclic) bond motifs is 1. The summed E-state index contributed by atoms with van der Waals surface area (Å²) >= 11 is 0. The molecule has 0 amide bonds. The monoisotopic (exact) mass is 256 g/mol. The highest BCUT2D eigenvalue weighted by molar-refractivity contribution is 5.88. The zero-order valence-corrected chi connectivity index (χ0v) is 10.6. The minimum Gasteiger partial charge on any atom is -0.464 e. The average molecular weight is 256 g/mol. The molecule has 0 aliphatic rings. The topological polar surface area (TPSA) is 61.4 Å². The van der Waals surface area contributed by atoms with Crippen LogP contribution in [0.15, 0.2) is 36.8 Å². The van der Waals surface area contributed by atoms with Crippen LogP contribution in [-0.2, 0) is 11.8 Å². The predicted molar refractivity (Wildman–Crippen MR) is 68.7 cm³/mol. The van der Waals surface area contributed by atoms with Gasteiger partial charge in [0, 0.05) is 25.0 Å². The lowest BCUT2D eigenvalue weighted by Crippen LogP contribution is -2.05. The summed E-state index contributed by atoms with van der Waals surface area (Å²) in [5.74, 6) is -0.402. The Morgan fingerprint density at radius 3 is 2.89 bits per heavy atom. The molecule has 19 heavy (non-hydrogen) atoms. The summed E-state index contributed by atoms with van der Waals surface area (Å²) in [5.41, 5.74) is 3.09. The molecule has 0 spiro atoms. The van der Waals surface area contributed by atoms with Crippen LogP contribution in [0.3, 0.4) is 0 Å². The molecule has 96 valence electrons. The van der Waals surface area contributed by atoms with Gasteiger partial charge in [-0.25, -0.2) is 9.78 Å². The average Bonchev–Trinajstić information content (AvgIpc) is 3.03. The summed E-state index contributed by atoms with van der Waals surface area (Å²) in [6, 6.07) is 5.75. The quantitative estimate of drug-likeness (QED) is 0.652. The van der Waals surface area contributed by atoms with Crippen LogP contribution in [0.25, 0.3) is 16.9 Å². The van der Waals surface area contributed by atoms with Gasteiger partial charge in [0.25, 0.3) is 0 Å². The molecule has 3 heterocycles. The van der Waals surface area contributed by atoms with Crippen molar-refractivity contribution in [2.45, 2.75) is 0 Å². The van der Waals surface area contributed by atoms with Crippen LogP contribution in [0.1, 0.15) is 10.5 Å². The lowest BCUT2D eigenvalue weighted by atomic mass is 10.2. The molecule has 0 aliphatic heterocycles. The van der Waals surface area contributed by atoms with Gasteiger partial charge in [-0.3, -0.25) is 9.08 Å². The van der Waals surface area contributed by atoms with E-state index in [0.717, 1.165) is 11.3 Å². The second-order valence-electron chi connectivity index (χ2n) is 4.12. The van der Waals surface area contributed by atoms with Crippen LogP contribution in [-0.4, -0.2) is 32.2 Å². The van der Waals surface area contributed by atoms with E-state index in [2.05, 4.69) is 10.1 Å². The number of nitrogens with zero attached hydrogens (tertiary/aromatic N) is 4. The highest BCUT2D eigenvalue weighted by atomic mass is 16.5. The number of carbonyl (C=O) groups is 1. The molecule has 0 aliphatic carbocycles. The van der Waals surface area contributed by atoms with E-state index in [-0.39, 0.29) is 0 Å². The summed E-state index contributed by atoms with van der Waals surface area (Å²) in [6.45, 7) is 0. The maximum atomic E-state index is 11.6. The van der Waals surface area contributed by atoms with Gasteiger partial charge in [-0.1, -0.05) is 0 Å². The summed E-state index contributed by atoms with van der Waals surface area (Å²) in [4.78, 5) is 15.8. The molecule has 3 aromatic heterocycles. The van der Waals surface area contributed by atoms with Gasteiger partial charge in [-0.15, -0.1) is 0 Å². The zero-order valence-electron chi connectivity index (χ0n) is 10.6. The lowest BCUT2D eigenvalue weighted by molar-refractivity contribution is 0.0593. The van der Waals surface area contributed by atoms with E-state index in [1.54, 1.807) is 21.5 Å². The molecule has 0 bridgehead atoms. The van der Waals surface area contributed by atoms with Crippen molar-refractivity contribution in [2.24, 2.45) is 7.05 Å². The Balaban J connectivity index is 2.13. The van der Waals surface area contributed by atoms with E-state index in [1.165, 1.54) is 13.3 Å². The predicted octanol–water partition coefficient (Wildman–Crippen LogP) is 1.52. The van der Waals surface area contributed by atoms with Crippen LogP contribution >= 0.6 is 0 Å². The Morgan fingerprint density at radius 1 is 1.37 bits per heavy atom. The van der Waals surface area contributed by atoms with Gasteiger partial charge >= 0.3 is 5.97 Å². The number of carbonyl (C=O) groups excluding carboxylic acids is 1. The first-order valence-corrected chi connectivity index (χ1v) is 5.74. The number of imidazole rings is 1. The molecule has 0 atom stereocenters. The van der Waals surface area contributed by atoms with E-state index < -0.39 is 5.97 Å². The molecule has 3 rings (SSSR count). The number of rotatable bonds is 2. The van der Waals surface area contributed by atoms with Crippen LogP contribution in [0.2, 0.25) is 0 Å². The fourth-order valence-electron chi connectivity index (χ4n) is 2.05. The van der Waals surface area contributed by atoms with Crippen molar-refractivity contribution in [3.63, 3.8) is 0 Å². The molecular weight excluding hydrogens is 244 g/mol. The Bertz CT molecular complexity index is 757. The molecule has 0 fully saturated rings. The fraction of sp³-hybridized carbons (Fsp3) is 0.154. The van der Waals surface area contributed by atoms with Crippen molar-refractivity contribution in [2.75, 3.05) is 7.11 Å². The first-order chi connectivity index (χ1) is 9.20. The first kappa shape index (κ1) is 11.5. The maximum absolute atomic E-state index is 11.6. The number of methoxy groups -OCH3 is 1. The molecule has 0 saturated heterocycles. The van der Waals surface area contributed by atoms with Gasteiger partial charge in [-0.05, 0) is 18.2 Å². The second-order valence-corrected chi connectivity index (χ2v) is 4.12. The molecule has 0 radical (unpaired) electrons. The molecule has 0 aromatic carbocycles. The van der Waals surface area contributed by atoms with Gasteiger partial charge in [0.05, 0.1) is 19.0 Å².